The summed E-state index contributed by atoms with van der Waals surface area (Å²) >= 11 is 0. The van der Waals surface area contributed by atoms with Crippen LogP contribution in [0.2, 0.25) is 0 Å². The first-order valence-corrected chi connectivity index (χ1v) is 7.22. The van der Waals surface area contributed by atoms with Crippen molar-refractivity contribution in [1.82, 2.24) is 10.1 Å². The van der Waals surface area contributed by atoms with Crippen molar-refractivity contribution in [2.45, 2.75) is 47.0 Å². The Balaban J connectivity index is 2.61. The van der Waals surface area contributed by atoms with Crippen molar-refractivity contribution in [3.05, 3.63) is 17.0 Å². The van der Waals surface area contributed by atoms with Gasteiger partial charge in [0.25, 0.3) is 0 Å². The molecule has 0 fully saturated rings. The normalized spacial score (nSPS) is 10.9. The van der Waals surface area contributed by atoms with Crippen molar-refractivity contribution in [2.75, 3.05) is 13.1 Å². The van der Waals surface area contributed by atoms with Crippen LogP contribution in [0, 0.1) is 19.8 Å². The Morgan fingerprint density at radius 1 is 1.29 bits per heavy atom. The molecule has 0 aliphatic carbocycles. The highest BCUT2D eigenvalue weighted by Gasteiger charge is 2.18. The molecule has 0 bridgehead atoms. The van der Waals surface area contributed by atoms with E-state index in [1.165, 1.54) is 0 Å². The fourth-order valence-corrected chi connectivity index (χ4v) is 2.24. The highest BCUT2D eigenvalue weighted by Crippen LogP contribution is 2.15. The van der Waals surface area contributed by atoms with Crippen LogP contribution in [-0.2, 0) is 16.0 Å². The molecule has 0 unspecified atom stereocenters. The molecular formula is C15H24N2O4. The molecule has 1 N–H and O–H groups in total. The fraction of sp³-hybridized carbons (Fsp3) is 0.667. The quantitative estimate of drug-likeness (QED) is 0.795. The van der Waals surface area contributed by atoms with Crippen molar-refractivity contribution in [3.8, 4) is 0 Å². The van der Waals surface area contributed by atoms with Gasteiger partial charge in [0, 0.05) is 25.1 Å². The third kappa shape index (κ3) is 5.57. The second kappa shape index (κ2) is 7.81. The number of carbonyl (C=O) groups excluding carboxylic acids is 1. The lowest BCUT2D eigenvalue weighted by atomic mass is 10.1. The molecule has 0 saturated heterocycles. The summed E-state index contributed by atoms with van der Waals surface area (Å²) in [4.78, 5) is 24.6. The molecule has 1 amide bonds. The summed E-state index contributed by atoms with van der Waals surface area (Å²) in [5.74, 6) is 0.135. The highest BCUT2D eigenvalue weighted by molar-refractivity contribution is 5.77. The van der Waals surface area contributed by atoms with Crippen LogP contribution in [0.3, 0.4) is 0 Å². The molecule has 6 nitrogen and oxygen atoms in total. The van der Waals surface area contributed by atoms with Gasteiger partial charge < -0.3 is 14.5 Å². The molecule has 1 aromatic heterocycles. The van der Waals surface area contributed by atoms with Crippen LogP contribution in [0.1, 0.15) is 43.7 Å². The minimum atomic E-state index is -0.887. The predicted molar refractivity (Wildman–Crippen MR) is 78.0 cm³/mol. The van der Waals surface area contributed by atoms with Crippen molar-refractivity contribution in [2.24, 2.45) is 5.92 Å². The first-order valence-electron chi connectivity index (χ1n) is 7.22. The maximum Gasteiger partial charge on any atom is 0.305 e. The summed E-state index contributed by atoms with van der Waals surface area (Å²) < 4.78 is 5.08. The summed E-state index contributed by atoms with van der Waals surface area (Å²) in [6, 6.07) is 0. The zero-order chi connectivity index (χ0) is 16.0. The number of carboxylic acid groups (broad SMARTS) is 1. The molecule has 1 heterocycles. The van der Waals surface area contributed by atoms with Crippen molar-refractivity contribution in [1.29, 1.82) is 0 Å². The third-order valence-electron chi connectivity index (χ3n) is 3.30. The molecule has 1 aromatic rings. The van der Waals surface area contributed by atoms with Crippen LogP contribution in [0.25, 0.3) is 0 Å². The van der Waals surface area contributed by atoms with Gasteiger partial charge in [-0.3, -0.25) is 9.59 Å². The van der Waals surface area contributed by atoms with E-state index >= 15 is 0 Å². The van der Waals surface area contributed by atoms with Gasteiger partial charge in [0.1, 0.15) is 5.76 Å². The number of aryl methyl sites for hydroxylation is 2. The standard InChI is InChI=1S/C15H24N2O4/c1-10(2)9-17(8-7-15(19)20)14(18)6-5-13-11(3)16-21-12(13)4/h10H,5-9H2,1-4H3,(H,19,20). The number of aromatic nitrogens is 1. The van der Waals surface area contributed by atoms with Gasteiger partial charge in [-0.1, -0.05) is 19.0 Å². The maximum absolute atomic E-state index is 12.3. The van der Waals surface area contributed by atoms with E-state index in [2.05, 4.69) is 5.16 Å². The van der Waals surface area contributed by atoms with Gasteiger partial charge in [0.2, 0.25) is 5.91 Å². The molecule has 0 atom stereocenters. The minimum absolute atomic E-state index is 0.0232. The number of hydrogen-bond acceptors (Lipinski definition) is 4. The number of amides is 1. The molecule has 6 heteroatoms. The van der Waals surface area contributed by atoms with E-state index in [9.17, 15) is 9.59 Å². The van der Waals surface area contributed by atoms with Gasteiger partial charge in [-0.2, -0.15) is 0 Å². The molecule has 0 aliphatic heterocycles. The number of carbonyl (C=O) groups is 2. The Bertz CT molecular complexity index is 474. The van der Waals surface area contributed by atoms with Crippen molar-refractivity contribution >= 4 is 11.9 Å². The molecule has 0 radical (unpaired) electrons. The lowest BCUT2D eigenvalue weighted by Gasteiger charge is -2.24. The van der Waals surface area contributed by atoms with E-state index < -0.39 is 5.97 Å². The van der Waals surface area contributed by atoms with Crippen molar-refractivity contribution < 1.29 is 19.2 Å². The Hall–Kier alpha value is -1.85. The lowest BCUT2D eigenvalue weighted by molar-refractivity contribution is -0.138. The topological polar surface area (TPSA) is 83.6 Å². The second-order valence-electron chi connectivity index (χ2n) is 5.68. The monoisotopic (exact) mass is 296 g/mol. The van der Waals surface area contributed by atoms with E-state index in [0.29, 0.717) is 25.3 Å². The Morgan fingerprint density at radius 3 is 2.43 bits per heavy atom. The van der Waals surface area contributed by atoms with Crippen LogP contribution in [0.4, 0.5) is 0 Å². The van der Waals surface area contributed by atoms with Gasteiger partial charge in [-0.05, 0) is 26.2 Å². The van der Waals surface area contributed by atoms with E-state index in [-0.39, 0.29) is 18.9 Å². The number of nitrogens with zero attached hydrogens (tertiary/aromatic N) is 2. The summed E-state index contributed by atoms with van der Waals surface area (Å²) in [6.45, 7) is 8.54. The maximum atomic E-state index is 12.3. The molecule has 1 rings (SSSR count). The third-order valence-corrected chi connectivity index (χ3v) is 3.30. The average molecular weight is 296 g/mol. The Kier molecular flexibility index (Phi) is 6.39. The fourth-order valence-electron chi connectivity index (χ4n) is 2.24. The summed E-state index contributed by atoms with van der Waals surface area (Å²) in [5.41, 5.74) is 1.77. The molecule has 118 valence electrons. The zero-order valence-corrected chi connectivity index (χ0v) is 13.2. The van der Waals surface area contributed by atoms with Gasteiger partial charge in [0.15, 0.2) is 0 Å². The van der Waals surface area contributed by atoms with E-state index in [0.717, 1.165) is 17.0 Å². The first kappa shape index (κ1) is 17.2. The molecular weight excluding hydrogens is 272 g/mol. The van der Waals surface area contributed by atoms with Crippen LogP contribution in [0.5, 0.6) is 0 Å². The van der Waals surface area contributed by atoms with Crippen molar-refractivity contribution in [3.63, 3.8) is 0 Å². The van der Waals surface area contributed by atoms with Gasteiger partial charge >= 0.3 is 5.97 Å². The van der Waals surface area contributed by atoms with Crippen LogP contribution < -0.4 is 0 Å². The average Bonchev–Trinajstić information content (AvgIpc) is 2.70. The Labute approximate surface area is 125 Å². The molecule has 0 saturated carbocycles. The van der Waals surface area contributed by atoms with E-state index in [4.69, 9.17) is 9.63 Å². The number of carboxylic acids is 1. The summed E-state index contributed by atoms with van der Waals surface area (Å²) in [6.07, 6.45) is 0.890. The smallest absolute Gasteiger partial charge is 0.305 e. The largest absolute Gasteiger partial charge is 0.481 e. The highest BCUT2D eigenvalue weighted by atomic mass is 16.5. The predicted octanol–water partition coefficient (Wildman–Crippen LogP) is 2.18. The summed E-state index contributed by atoms with van der Waals surface area (Å²) in [5, 5.41) is 12.6. The second-order valence-corrected chi connectivity index (χ2v) is 5.68. The molecule has 21 heavy (non-hydrogen) atoms. The molecule has 0 aromatic carbocycles. The number of hydrogen-bond donors (Lipinski definition) is 1. The lowest BCUT2D eigenvalue weighted by Crippen LogP contribution is -2.36. The van der Waals surface area contributed by atoms with Crippen LogP contribution in [-0.4, -0.2) is 40.1 Å². The minimum Gasteiger partial charge on any atom is -0.481 e. The zero-order valence-electron chi connectivity index (χ0n) is 13.2. The first-order chi connectivity index (χ1) is 9.81. The van der Waals surface area contributed by atoms with E-state index in [1.807, 2.05) is 27.7 Å². The van der Waals surface area contributed by atoms with Crippen LogP contribution in [0.15, 0.2) is 4.52 Å². The van der Waals surface area contributed by atoms with E-state index in [1.54, 1.807) is 4.90 Å². The number of rotatable bonds is 8. The number of aliphatic carboxylic acids is 1. The van der Waals surface area contributed by atoms with Gasteiger partial charge in [-0.25, -0.2) is 0 Å². The Morgan fingerprint density at radius 2 is 1.95 bits per heavy atom. The van der Waals surface area contributed by atoms with Crippen LogP contribution >= 0.6 is 0 Å². The van der Waals surface area contributed by atoms with Gasteiger partial charge in [-0.15, -0.1) is 0 Å². The summed E-state index contributed by atoms with van der Waals surface area (Å²) in [7, 11) is 0. The SMILES string of the molecule is Cc1noc(C)c1CCC(=O)N(CCC(=O)O)CC(C)C. The molecule has 0 spiro atoms. The molecule has 0 aliphatic rings. The van der Waals surface area contributed by atoms with Gasteiger partial charge in [0.05, 0.1) is 12.1 Å².